The van der Waals surface area contributed by atoms with E-state index in [2.05, 4.69) is 9.97 Å². The molecule has 4 nitrogen and oxygen atoms in total. The smallest absolute Gasteiger partial charge is 0.154 e. The first kappa shape index (κ1) is 13.9. The summed E-state index contributed by atoms with van der Waals surface area (Å²) < 4.78 is 5.20. The van der Waals surface area contributed by atoms with Crippen LogP contribution in [0.25, 0.3) is 11.5 Å². The molecule has 0 aliphatic rings. The van der Waals surface area contributed by atoms with Crippen LogP contribution in [0.3, 0.4) is 0 Å². The fraction of sp³-hybridized carbons (Fsp3) is 0.111. The van der Waals surface area contributed by atoms with Gasteiger partial charge in [-0.3, -0.25) is 4.98 Å². The summed E-state index contributed by atoms with van der Waals surface area (Å²) in [6.07, 6.45) is 4.84. The van der Waals surface area contributed by atoms with Crippen molar-refractivity contribution in [3.8, 4) is 11.5 Å². The van der Waals surface area contributed by atoms with Crippen LogP contribution in [0.5, 0.6) is 0 Å². The van der Waals surface area contributed by atoms with Gasteiger partial charge in [0.2, 0.25) is 0 Å². The van der Waals surface area contributed by atoms with Crippen molar-refractivity contribution < 1.29 is 4.42 Å². The van der Waals surface area contributed by atoms with Crippen LogP contribution in [0.2, 0.25) is 0 Å². The lowest BCUT2D eigenvalue weighted by molar-refractivity contribution is 0.578. The summed E-state index contributed by atoms with van der Waals surface area (Å²) in [5, 5.41) is 0. The third kappa shape index (κ3) is 2.92. The molecule has 0 amide bonds. The fourth-order valence-electron chi connectivity index (χ4n) is 1.14. The van der Waals surface area contributed by atoms with Crippen molar-refractivity contribution >= 4 is 24.8 Å². The zero-order valence-corrected chi connectivity index (χ0v) is 9.42. The molecule has 2 aromatic heterocycles. The van der Waals surface area contributed by atoms with E-state index in [1.54, 1.807) is 18.7 Å². The van der Waals surface area contributed by atoms with E-state index in [0.29, 0.717) is 12.3 Å². The summed E-state index contributed by atoms with van der Waals surface area (Å²) in [6, 6.07) is 3.65. The lowest BCUT2D eigenvalue weighted by Crippen LogP contribution is -2.02. The molecule has 2 heterocycles. The minimum Gasteiger partial charge on any atom is -0.463 e. The molecular formula is C9H11Cl2N3O. The molecule has 0 bridgehead atoms. The Bertz CT molecular complexity index is 392. The second kappa shape index (κ2) is 6.40. The molecule has 0 aromatic carbocycles. The van der Waals surface area contributed by atoms with E-state index in [1.807, 2.05) is 12.1 Å². The normalized spacial score (nSPS) is 8.87. The van der Waals surface area contributed by atoms with Crippen LogP contribution < -0.4 is 5.73 Å². The molecule has 0 fully saturated rings. The van der Waals surface area contributed by atoms with Crippen molar-refractivity contribution in [2.24, 2.45) is 5.73 Å². The van der Waals surface area contributed by atoms with Crippen molar-refractivity contribution in [1.82, 2.24) is 9.97 Å². The van der Waals surface area contributed by atoms with Gasteiger partial charge in [-0.05, 0) is 12.1 Å². The van der Waals surface area contributed by atoms with E-state index in [0.717, 1.165) is 11.4 Å². The molecule has 82 valence electrons. The SMILES string of the molecule is Cl.Cl.NCc1nccnc1-c1ccco1. The summed E-state index contributed by atoms with van der Waals surface area (Å²) in [5.74, 6) is 0.702. The van der Waals surface area contributed by atoms with E-state index in [9.17, 15) is 0 Å². The van der Waals surface area contributed by atoms with Crippen molar-refractivity contribution in [2.75, 3.05) is 0 Å². The minimum absolute atomic E-state index is 0. The lowest BCUT2D eigenvalue weighted by atomic mass is 10.2. The number of nitrogens with two attached hydrogens (primary N) is 1. The second-order valence-corrected chi connectivity index (χ2v) is 2.53. The highest BCUT2D eigenvalue weighted by Gasteiger charge is 2.07. The molecule has 0 atom stereocenters. The Morgan fingerprint density at radius 3 is 2.53 bits per heavy atom. The molecule has 6 heteroatoms. The van der Waals surface area contributed by atoms with Gasteiger partial charge in [-0.25, -0.2) is 4.98 Å². The van der Waals surface area contributed by atoms with Crippen LogP contribution in [-0.2, 0) is 6.54 Å². The summed E-state index contributed by atoms with van der Waals surface area (Å²) in [7, 11) is 0. The third-order valence-electron chi connectivity index (χ3n) is 1.72. The molecule has 2 rings (SSSR count). The average Bonchev–Trinajstić information content (AvgIpc) is 2.70. The highest BCUT2D eigenvalue weighted by molar-refractivity contribution is 5.85. The van der Waals surface area contributed by atoms with E-state index in [1.165, 1.54) is 0 Å². The molecule has 0 spiro atoms. The Morgan fingerprint density at radius 1 is 1.20 bits per heavy atom. The maximum absolute atomic E-state index is 5.51. The van der Waals surface area contributed by atoms with Crippen molar-refractivity contribution in [3.05, 3.63) is 36.5 Å². The quantitative estimate of drug-likeness (QED) is 0.883. The van der Waals surface area contributed by atoms with E-state index >= 15 is 0 Å². The molecule has 0 aliphatic heterocycles. The molecule has 0 aliphatic carbocycles. The van der Waals surface area contributed by atoms with Gasteiger partial charge in [0.25, 0.3) is 0 Å². The highest BCUT2D eigenvalue weighted by atomic mass is 35.5. The minimum atomic E-state index is 0. The van der Waals surface area contributed by atoms with Crippen LogP contribution >= 0.6 is 24.8 Å². The van der Waals surface area contributed by atoms with Crippen LogP contribution in [0, 0.1) is 0 Å². The van der Waals surface area contributed by atoms with Gasteiger partial charge < -0.3 is 10.2 Å². The number of hydrogen-bond donors (Lipinski definition) is 1. The van der Waals surface area contributed by atoms with Crippen LogP contribution in [0.1, 0.15) is 5.69 Å². The number of furan rings is 1. The summed E-state index contributed by atoms with van der Waals surface area (Å²) in [4.78, 5) is 8.26. The number of halogens is 2. The maximum atomic E-state index is 5.51. The Labute approximate surface area is 99.7 Å². The summed E-state index contributed by atoms with van der Waals surface area (Å²) in [5.41, 5.74) is 6.98. The van der Waals surface area contributed by atoms with Gasteiger partial charge in [-0.2, -0.15) is 0 Å². The van der Waals surface area contributed by atoms with Crippen LogP contribution in [0.15, 0.2) is 35.2 Å². The van der Waals surface area contributed by atoms with Gasteiger partial charge in [0.15, 0.2) is 5.76 Å². The molecule has 0 saturated heterocycles. The molecule has 2 aromatic rings. The van der Waals surface area contributed by atoms with E-state index in [4.69, 9.17) is 10.2 Å². The van der Waals surface area contributed by atoms with Gasteiger partial charge in [-0.15, -0.1) is 24.8 Å². The molecule has 15 heavy (non-hydrogen) atoms. The number of nitrogens with zero attached hydrogens (tertiary/aromatic N) is 2. The van der Waals surface area contributed by atoms with Gasteiger partial charge >= 0.3 is 0 Å². The Morgan fingerprint density at radius 2 is 1.93 bits per heavy atom. The predicted molar refractivity (Wildman–Crippen MR) is 62.1 cm³/mol. The average molecular weight is 248 g/mol. The topological polar surface area (TPSA) is 64.9 Å². The number of hydrogen-bond acceptors (Lipinski definition) is 4. The molecule has 2 N–H and O–H groups in total. The van der Waals surface area contributed by atoms with Crippen molar-refractivity contribution in [1.29, 1.82) is 0 Å². The zero-order valence-electron chi connectivity index (χ0n) is 7.79. The van der Waals surface area contributed by atoms with Gasteiger partial charge in [-0.1, -0.05) is 0 Å². The van der Waals surface area contributed by atoms with E-state index in [-0.39, 0.29) is 24.8 Å². The second-order valence-electron chi connectivity index (χ2n) is 2.53. The van der Waals surface area contributed by atoms with Gasteiger partial charge in [0, 0.05) is 18.9 Å². The molecule has 0 unspecified atom stereocenters. The monoisotopic (exact) mass is 247 g/mol. The number of rotatable bonds is 2. The largest absolute Gasteiger partial charge is 0.463 e. The maximum Gasteiger partial charge on any atom is 0.154 e. The summed E-state index contributed by atoms with van der Waals surface area (Å²) in [6.45, 7) is 0.365. The van der Waals surface area contributed by atoms with Crippen molar-refractivity contribution in [3.63, 3.8) is 0 Å². The van der Waals surface area contributed by atoms with Crippen molar-refractivity contribution in [2.45, 2.75) is 6.54 Å². The van der Waals surface area contributed by atoms with Crippen LogP contribution in [-0.4, -0.2) is 9.97 Å². The Kier molecular flexibility index (Phi) is 5.93. The number of aromatic nitrogens is 2. The van der Waals surface area contributed by atoms with Crippen LogP contribution in [0.4, 0.5) is 0 Å². The highest BCUT2D eigenvalue weighted by Crippen LogP contribution is 2.18. The Hall–Kier alpha value is -1.10. The third-order valence-corrected chi connectivity index (χ3v) is 1.72. The Balaban J connectivity index is 0.000000980. The molecule has 0 radical (unpaired) electrons. The zero-order chi connectivity index (χ0) is 9.10. The standard InChI is InChI=1S/C9H9N3O.2ClH/c10-6-7-9(12-4-3-11-7)8-2-1-5-13-8;;/h1-5H,6,10H2;2*1H. The molecule has 0 saturated carbocycles. The summed E-state index contributed by atoms with van der Waals surface area (Å²) >= 11 is 0. The first-order chi connectivity index (χ1) is 6.42. The first-order valence-electron chi connectivity index (χ1n) is 3.95. The first-order valence-corrected chi connectivity index (χ1v) is 3.95. The lowest BCUT2D eigenvalue weighted by Gasteiger charge is -2.00. The predicted octanol–water partition coefficient (Wildman–Crippen LogP) is 2.04. The van der Waals surface area contributed by atoms with Gasteiger partial charge in [0.05, 0.1) is 12.0 Å². The van der Waals surface area contributed by atoms with E-state index < -0.39 is 0 Å². The van der Waals surface area contributed by atoms with Gasteiger partial charge in [0.1, 0.15) is 5.69 Å². The molecular weight excluding hydrogens is 237 g/mol. The fourth-order valence-corrected chi connectivity index (χ4v) is 1.14.